The van der Waals surface area contributed by atoms with Gasteiger partial charge in [-0.3, -0.25) is 4.79 Å². The van der Waals surface area contributed by atoms with E-state index in [9.17, 15) is 14.0 Å². The molecule has 2 rings (SSSR count). The van der Waals surface area contributed by atoms with Crippen LogP contribution in [0.4, 0.5) is 10.1 Å². The molecular formula is C18H17ClFNO5. The molecule has 0 aliphatic carbocycles. The van der Waals surface area contributed by atoms with Gasteiger partial charge in [-0.2, -0.15) is 0 Å². The molecule has 0 bridgehead atoms. The Morgan fingerprint density at radius 3 is 2.54 bits per heavy atom. The topological polar surface area (TPSA) is 73.9 Å². The molecule has 0 heterocycles. The van der Waals surface area contributed by atoms with E-state index in [1.807, 2.05) is 0 Å². The number of hydrogen-bond acceptors (Lipinski definition) is 5. The number of carbonyl (C=O) groups excluding carboxylic acids is 2. The number of methoxy groups -OCH3 is 1. The molecule has 0 radical (unpaired) electrons. The van der Waals surface area contributed by atoms with Crippen molar-refractivity contribution in [3.63, 3.8) is 0 Å². The lowest BCUT2D eigenvalue weighted by Gasteiger charge is -2.14. The van der Waals surface area contributed by atoms with Crippen LogP contribution in [0.2, 0.25) is 5.02 Å². The van der Waals surface area contributed by atoms with Gasteiger partial charge in [0.05, 0.1) is 12.8 Å². The van der Waals surface area contributed by atoms with Crippen molar-refractivity contribution in [1.29, 1.82) is 0 Å². The van der Waals surface area contributed by atoms with Crippen LogP contribution in [-0.4, -0.2) is 31.7 Å². The van der Waals surface area contributed by atoms with Crippen LogP contribution in [-0.2, 0) is 14.3 Å². The summed E-state index contributed by atoms with van der Waals surface area (Å²) in [6, 6.07) is 9.92. The van der Waals surface area contributed by atoms with Gasteiger partial charge in [-0.1, -0.05) is 11.6 Å². The van der Waals surface area contributed by atoms with Gasteiger partial charge in [0.25, 0.3) is 5.91 Å². The minimum Gasteiger partial charge on any atom is -0.495 e. The summed E-state index contributed by atoms with van der Waals surface area (Å²) in [5.41, 5.74) is 0.358. The third-order valence-corrected chi connectivity index (χ3v) is 3.47. The normalized spacial score (nSPS) is 11.4. The molecular weight excluding hydrogens is 365 g/mol. The predicted molar refractivity (Wildman–Crippen MR) is 94.1 cm³/mol. The maximum Gasteiger partial charge on any atom is 0.347 e. The van der Waals surface area contributed by atoms with Gasteiger partial charge in [0.15, 0.2) is 12.7 Å². The Hall–Kier alpha value is -2.80. The number of carbonyl (C=O) groups is 2. The fourth-order valence-corrected chi connectivity index (χ4v) is 2.16. The number of esters is 1. The highest BCUT2D eigenvalue weighted by atomic mass is 35.5. The van der Waals surface area contributed by atoms with Crippen LogP contribution in [0.25, 0.3) is 0 Å². The number of benzene rings is 2. The second-order valence-electron chi connectivity index (χ2n) is 5.21. The molecule has 1 N–H and O–H groups in total. The van der Waals surface area contributed by atoms with Crippen LogP contribution >= 0.6 is 11.6 Å². The van der Waals surface area contributed by atoms with Crippen molar-refractivity contribution < 1.29 is 28.2 Å². The van der Waals surface area contributed by atoms with E-state index in [0.29, 0.717) is 22.2 Å². The second-order valence-corrected chi connectivity index (χ2v) is 5.65. The molecule has 2 aromatic carbocycles. The van der Waals surface area contributed by atoms with Gasteiger partial charge >= 0.3 is 5.97 Å². The molecule has 0 spiro atoms. The summed E-state index contributed by atoms with van der Waals surface area (Å²) in [5.74, 6) is -0.984. The zero-order valence-electron chi connectivity index (χ0n) is 14.1. The number of nitrogens with one attached hydrogen (secondary N) is 1. The average molecular weight is 382 g/mol. The Morgan fingerprint density at radius 1 is 1.19 bits per heavy atom. The number of ether oxygens (including phenoxy) is 3. The Kier molecular flexibility index (Phi) is 6.80. The van der Waals surface area contributed by atoms with Gasteiger partial charge < -0.3 is 19.5 Å². The minimum absolute atomic E-state index is 0.309. The van der Waals surface area contributed by atoms with Crippen molar-refractivity contribution in [2.24, 2.45) is 0 Å². The minimum atomic E-state index is -0.964. The third-order valence-electron chi connectivity index (χ3n) is 3.24. The maximum absolute atomic E-state index is 12.8. The summed E-state index contributed by atoms with van der Waals surface area (Å²) in [5, 5.41) is 2.96. The van der Waals surface area contributed by atoms with E-state index in [1.54, 1.807) is 12.1 Å². The van der Waals surface area contributed by atoms with Crippen molar-refractivity contribution in [1.82, 2.24) is 0 Å². The van der Waals surface area contributed by atoms with Gasteiger partial charge in [0.1, 0.15) is 17.3 Å². The lowest BCUT2D eigenvalue weighted by molar-refractivity contribution is -0.153. The zero-order chi connectivity index (χ0) is 19.1. The lowest BCUT2D eigenvalue weighted by Crippen LogP contribution is -2.29. The monoisotopic (exact) mass is 381 g/mol. The summed E-state index contributed by atoms with van der Waals surface area (Å²) in [6.45, 7) is 0.954. The molecule has 1 atom stereocenters. The highest BCUT2D eigenvalue weighted by molar-refractivity contribution is 6.31. The molecule has 0 aliphatic heterocycles. The van der Waals surface area contributed by atoms with Crippen molar-refractivity contribution in [2.45, 2.75) is 13.0 Å². The maximum atomic E-state index is 12.8. The number of halogens is 2. The summed E-state index contributed by atoms with van der Waals surface area (Å²) in [7, 11) is 1.45. The van der Waals surface area contributed by atoms with Crippen LogP contribution in [0.3, 0.4) is 0 Å². The van der Waals surface area contributed by atoms with Gasteiger partial charge in [-0.15, -0.1) is 0 Å². The largest absolute Gasteiger partial charge is 0.495 e. The fourth-order valence-electron chi connectivity index (χ4n) is 1.98. The van der Waals surface area contributed by atoms with E-state index in [-0.39, 0.29) is 0 Å². The second kappa shape index (κ2) is 9.05. The third kappa shape index (κ3) is 5.63. The summed E-state index contributed by atoms with van der Waals surface area (Å²) in [6.07, 6.45) is -0.964. The van der Waals surface area contributed by atoms with Crippen LogP contribution in [0.1, 0.15) is 6.92 Å². The first-order chi connectivity index (χ1) is 12.4. The molecule has 1 amide bonds. The van der Waals surface area contributed by atoms with Gasteiger partial charge in [0, 0.05) is 5.02 Å². The Balaban J connectivity index is 1.85. The first-order valence-electron chi connectivity index (χ1n) is 7.61. The Morgan fingerprint density at radius 2 is 1.88 bits per heavy atom. The highest BCUT2D eigenvalue weighted by Crippen LogP contribution is 2.27. The van der Waals surface area contributed by atoms with E-state index in [1.165, 1.54) is 44.4 Å². The first kappa shape index (κ1) is 19.5. The molecule has 0 unspecified atom stereocenters. The average Bonchev–Trinajstić information content (AvgIpc) is 2.61. The molecule has 0 aliphatic rings. The van der Waals surface area contributed by atoms with Crippen molar-refractivity contribution in [3.05, 3.63) is 53.3 Å². The van der Waals surface area contributed by atoms with E-state index < -0.39 is 30.4 Å². The lowest BCUT2D eigenvalue weighted by atomic mass is 10.3. The zero-order valence-corrected chi connectivity index (χ0v) is 14.9. The Labute approximate surface area is 154 Å². The van der Waals surface area contributed by atoms with Crippen LogP contribution in [0.5, 0.6) is 11.5 Å². The van der Waals surface area contributed by atoms with Crippen LogP contribution in [0.15, 0.2) is 42.5 Å². The molecule has 26 heavy (non-hydrogen) atoms. The standard InChI is InChI=1S/C18H17ClFNO5/c1-11(26-14-6-4-13(20)5-7-14)18(23)25-10-17(22)21-15-9-12(19)3-8-16(15)24-2/h3-9,11H,10H2,1-2H3,(H,21,22)/t11-/m0/s1. The van der Waals surface area contributed by atoms with Crippen molar-refractivity contribution in [3.8, 4) is 11.5 Å². The van der Waals surface area contributed by atoms with Crippen molar-refractivity contribution >= 4 is 29.2 Å². The van der Waals surface area contributed by atoms with Gasteiger partial charge in [-0.25, -0.2) is 9.18 Å². The molecule has 2 aromatic rings. The van der Waals surface area contributed by atoms with Gasteiger partial charge in [0.2, 0.25) is 0 Å². The first-order valence-corrected chi connectivity index (χ1v) is 7.99. The fraction of sp³-hybridized carbons (Fsp3) is 0.222. The molecule has 8 heteroatoms. The SMILES string of the molecule is COc1ccc(Cl)cc1NC(=O)COC(=O)[C@H](C)Oc1ccc(F)cc1. The van der Waals surface area contributed by atoms with Crippen LogP contribution in [0, 0.1) is 5.82 Å². The summed E-state index contributed by atoms with van der Waals surface area (Å²) < 4.78 is 28.2. The van der Waals surface area contributed by atoms with E-state index in [2.05, 4.69) is 5.32 Å². The molecule has 138 valence electrons. The smallest absolute Gasteiger partial charge is 0.347 e. The number of anilines is 1. The van der Waals surface area contributed by atoms with E-state index in [0.717, 1.165) is 0 Å². The van der Waals surface area contributed by atoms with Crippen LogP contribution < -0.4 is 14.8 Å². The summed E-state index contributed by atoms with van der Waals surface area (Å²) in [4.78, 5) is 23.8. The van der Waals surface area contributed by atoms with Crippen molar-refractivity contribution in [2.75, 3.05) is 19.0 Å². The molecule has 0 saturated carbocycles. The summed E-state index contributed by atoms with van der Waals surface area (Å²) >= 11 is 5.88. The Bertz CT molecular complexity index is 782. The van der Waals surface area contributed by atoms with E-state index in [4.69, 9.17) is 25.8 Å². The van der Waals surface area contributed by atoms with Gasteiger partial charge in [-0.05, 0) is 49.4 Å². The molecule has 6 nitrogen and oxygen atoms in total. The molecule has 0 fully saturated rings. The molecule has 0 saturated heterocycles. The highest BCUT2D eigenvalue weighted by Gasteiger charge is 2.18. The van der Waals surface area contributed by atoms with E-state index >= 15 is 0 Å². The number of rotatable bonds is 7. The molecule has 0 aromatic heterocycles. The number of hydrogen-bond donors (Lipinski definition) is 1. The predicted octanol–water partition coefficient (Wildman–Crippen LogP) is 3.44. The number of amides is 1. The quantitative estimate of drug-likeness (QED) is 0.744.